The Morgan fingerprint density at radius 3 is 2.17 bits per heavy atom. The average Bonchev–Trinajstić information content (AvgIpc) is 3.01. The van der Waals surface area contributed by atoms with Gasteiger partial charge in [0.25, 0.3) is 0 Å². The van der Waals surface area contributed by atoms with E-state index in [1.165, 1.54) is 16.5 Å². The minimum Gasteiger partial charge on any atom is -0.455 e. The van der Waals surface area contributed by atoms with Crippen molar-refractivity contribution in [1.82, 2.24) is 0 Å². The van der Waals surface area contributed by atoms with Gasteiger partial charge in [0.2, 0.25) is 0 Å². The van der Waals surface area contributed by atoms with Crippen molar-refractivity contribution < 1.29 is 4.42 Å². The smallest absolute Gasteiger partial charge is 0.143 e. The molecule has 114 valence electrons. The molecule has 2 heteroatoms. The summed E-state index contributed by atoms with van der Waals surface area (Å²) in [5.74, 6) is 0. The van der Waals surface area contributed by atoms with Crippen LogP contribution in [0.3, 0.4) is 0 Å². The molecule has 0 spiro atoms. The van der Waals surface area contributed by atoms with Gasteiger partial charge in [-0.25, -0.2) is 0 Å². The quantitative estimate of drug-likeness (QED) is 0.304. The molecule has 0 aliphatic rings. The van der Waals surface area contributed by atoms with Crippen molar-refractivity contribution in [2.75, 3.05) is 0 Å². The molecule has 1 heterocycles. The molecule has 0 N–H and O–H groups in total. The van der Waals surface area contributed by atoms with Crippen LogP contribution in [0.1, 0.15) is 0 Å². The number of hydrogen-bond acceptors (Lipinski definition) is 1. The predicted molar refractivity (Wildman–Crippen MR) is 104 cm³/mol. The lowest BCUT2D eigenvalue weighted by atomic mass is 10.0. The van der Waals surface area contributed by atoms with Crippen molar-refractivity contribution in [3.63, 3.8) is 0 Å². The van der Waals surface area contributed by atoms with Gasteiger partial charge in [-0.15, -0.1) is 0 Å². The highest BCUT2D eigenvalue weighted by molar-refractivity contribution is 9.10. The first-order valence-electron chi connectivity index (χ1n) is 7.90. The van der Waals surface area contributed by atoms with Crippen LogP contribution in [0.5, 0.6) is 0 Å². The number of benzene rings is 4. The van der Waals surface area contributed by atoms with E-state index in [-0.39, 0.29) is 0 Å². The SMILES string of the molecule is Brc1cc2c3ccc(-c4ccccc4)cc3oc2c2ccccc12. The number of halogens is 1. The summed E-state index contributed by atoms with van der Waals surface area (Å²) in [6.07, 6.45) is 0. The molecule has 4 aromatic carbocycles. The third-order valence-electron chi connectivity index (χ3n) is 4.54. The molecule has 0 unspecified atom stereocenters. The molecule has 0 saturated carbocycles. The van der Waals surface area contributed by atoms with Gasteiger partial charge in [0.1, 0.15) is 11.2 Å². The van der Waals surface area contributed by atoms with E-state index < -0.39 is 0 Å². The molecular weight excluding hydrogens is 360 g/mol. The standard InChI is InChI=1S/C22H13BrO/c23-20-13-19-17-11-10-15(14-6-2-1-3-7-14)12-21(17)24-22(19)18-9-5-4-8-16(18)20/h1-13H. The molecule has 0 aliphatic carbocycles. The zero-order valence-electron chi connectivity index (χ0n) is 12.8. The Balaban J connectivity index is 1.86. The van der Waals surface area contributed by atoms with Crippen LogP contribution in [0.25, 0.3) is 43.8 Å². The van der Waals surface area contributed by atoms with Crippen molar-refractivity contribution in [2.45, 2.75) is 0 Å². The summed E-state index contributed by atoms with van der Waals surface area (Å²) < 4.78 is 7.36. The molecule has 0 aliphatic heterocycles. The maximum absolute atomic E-state index is 6.26. The van der Waals surface area contributed by atoms with Crippen molar-refractivity contribution >= 4 is 48.6 Å². The summed E-state index contributed by atoms with van der Waals surface area (Å²) in [5.41, 5.74) is 4.25. The van der Waals surface area contributed by atoms with Crippen LogP contribution < -0.4 is 0 Å². The van der Waals surface area contributed by atoms with Gasteiger partial charge >= 0.3 is 0 Å². The maximum Gasteiger partial charge on any atom is 0.143 e. The largest absolute Gasteiger partial charge is 0.455 e. The summed E-state index contributed by atoms with van der Waals surface area (Å²) >= 11 is 3.70. The van der Waals surface area contributed by atoms with Crippen LogP contribution >= 0.6 is 15.9 Å². The lowest BCUT2D eigenvalue weighted by molar-refractivity contribution is 0.673. The minimum absolute atomic E-state index is 0.926. The monoisotopic (exact) mass is 372 g/mol. The maximum atomic E-state index is 6.26. The van der Waals surface area contributed by atoms with E-state index in [4.69, 9.17) is 4.42 Å². The molecule has 1 aromatic heterocycles. The van der Waals surface area contributed by atoms with Gasteiger partial charge in [0, 0.05) is 20.6 Å². The number of rotatable bonds is 1. The van der Waals surface area contributed by atoms with E-state index >= 15 is 0 Å². The molecular formula is C22H13BrO. The summed E-state index contributed by atoms with van der Waals surface area (Å²) in [5, 5.41) is 4.61. The molecule has 0 fully saturated rings. The zero-order valence-corrected chi connectivity index (χ0v) is 14.4. The summed E-state index contributed by atoms with van der Waals surface area (Å²) in [4.78, 5) is 0. The van der Waals surface area contributed by atoms with Gasteiger partial charge in [-0.05, 0) is 34.7 Å². The lowest BCUT2D eigenvalue weighted by Crippen LogP contribution is -1.77. The van der Waals surface area contributed by atoms with Gasteiger partial charge < -0.3 is 4.42 Å². The van der Waals surface area contributed by atoms with Crippen molar-refractivity contribution in [2.24, 2.45) is 0 Å². The van der Waals surface area contributed by atoms with E-state index in [0.29, 0.717) is 0 Å². The van der Waals surface area contributed by atoms with Crippen LogP contribution in [0.4, 0.5) is 0 Å². The number of hydrogen-bond donors (Lipinski definition) is 0. The molecule has 0 saturated heterocycles. The Morgan fingerprint density at radius 1 is 0.583 bits per heavy atom. The van der Waals surface area contributed by atoms with E-state index in [2.05, 4.69) is 88.7 Å². The normalized spacial score (nSPS) is 11.5. The van der Waals surface area contributed by atoms with Gasteiger partial charge in [-0.1, -0.05) is 76.6 Å². The fraction of sp³-hybridized carbons (Fsp3) is 0. The minimum atomic E-state index is 0.926. The fourth-order valence-electron chi connectivity index (χ4n) is 3.36. The van der Waals surface area contributed by atoms with Gasteiger partial charge in [0.05, 0.1) is 0 Å². The molecule has 24 heavy (non-hydrogen) atoms. The van der Waals surface area contributed by atoms with Crippen LogP contribution in [0.15, 0.2) is 87.8 Å². The van der Waals surface area contributed by atoms with E-state index in [9.17, 15) is 0 Å². The molecule has 0 bridgehead atoms. The topological polar surface area (TPSA) is 13.1 Å². The highest BCUT2D eigenvalue weighted by Crippen LogP contribution is 2.38. The predicted octanol–water partition coefficient (Wildman–Crippen LogP) is 7.17. The molecule has 0 atom stereocenters. The number of fused-ring (bicyclic) bond motifs is 5. The highest BCUT2D eigenvalue weighted by Gasteiger charge is 2.13. The Kier molecular flexibility index (Phi) is 3.00. The van der Waals surface area contributed by atoms with E-state index in [1.54, 1.807) is 0 Å². The Bertz CT molecular complexity index is 1200. The van der Waals surface area contributed by atoms with Crippen molar-refractivity contribution in [3.05, 3.63) is 83.3 Å². The van der Waals surface area contributed by atoms with Gasteiger partial charge in [-0.3, -0.25) is 0 Å². The number of furan rings is 1. The van der Waals surface area contributed by atoms with E-state index in [1.807, 2.05) is 6.07 Å². The van der Waals surface area contributed by atoms with Gasteiger partial charge in [0.15, 0.2) is 0 Å². The molecule has 1 nitrogen and oxygen atoms in total. The lowest BCUT2D eigenvalue weighted by Gasteiger charge is -2.01. The van der Waals surface area contributed by atoms with Gasteiger partial charge in [-0.2, -0.15) is 0 Å². The summed E-state index contributed by atoms with van der Waals surface area (Å²) in [6, 6.07) is 27.3. The van der Waals surface area contributed by atoms with Crippen LogP contribution in [-0.2, 0) is 0 Å². The van der Waals surface area contributed by atoms with Crippen molar-refractivity contribution in [3.8, 4) is 11.1 Å². The second kappa shape index (κ2) is 5.22. The Morgan fingerprint density at radius 2 is 1.33 bits per heavy atom. The second-order valence-corrected chi connectivity index (χ2v) is 6.81. The van der Waals surface area contributed by atoms with Crippen LogP contribution in [0, 0.1) is 0 Å². The highest BCUT2D eigenvalue weighted by atomic mass is 79.9. The molecule has 5 rings (SSSR count). The molecule has 5 aromatic rings. The molecule has 0 amide bonds. The zero-order chi connectivity index (χ0) is 16.1. The van der Waals surface area contributed by atoms with Crippen LogP contribution in [0.2, 0.25) is 0 Å². The Hall–Kier alpha value is -2.58. The fourth-order valence-corrected chi connectivity index (χ4v) is 3.94. The third-order valence-corrected chi connectivity index (χ3v) is 5.19. The van der Waals surface area contributed by atoms with Crippen molar-refractivity contribution in [1.29, 1.82) is 0 Å². The van der Waals surface area contributed by atoms with E-state index in [0.717, 1.165) is 31.8 Å². The second-order valence-electron chi connectivity index (χ2n) is 5.96. The average molecular weight is 373 g/mol. The summed E-state index contributed by atoms with van der Waals surface area (Å²) in [6.45, 7) is 0. The third kappa shape index (κ3) is 2.00. The molecule has 0 radical (unpaired) electrons. The Labute approximate surface area is 147 Å². The summed E-state index contributed by atoms with van der Waals surface area (Å²) in [7, 11) is 0. The van der Waals surface area contributed by atoms with Crippen LogP contribution in [-0.4, -0.2) is 0 Å². The first-order valence-corrected chi connectivity index (χ1v) is 8.69. The first kappa shape index (κ1) is 13.8. The first-order chi connectivity index (χ1) is 11.8.